The second-order valence-corrected chi connectivity index (χ2v) is 10.9. The van der Waals surface area contributed by atoms with Crippen LogP contribution in [-0.2, 0) is 26.9 Å². The molecule has 3 rings (SSSR count). The summed E-state index contributed by atoms with van der Waals surface area (Å²) in [7, 11) is -0.513. The fraction of sp³-hybridized carbons (Fsp3) is 0.375. The average Bonchev–Trinajstić information content (AvgIpc) is 3.22. The van der Waals surface area contributed by atoms with Crippen molar-refractivity contribution in [3.05, 3.63) is 53.9 Å². The second-order valence-electron chi connectivity index (χ2n) is 7.79. The van der Waals surface area contributed by atoms with Gasteiger partial charge < -0.3 is 19.4 Å². The summed E-state index contributed by atoms with van der Waals surface area (Å²) in [6.45, 7) is 6.16. The van der Waals surface area contributed by atoms with Crippen LogP contribution in [0.5, 0.6) is 11.5 Å². The summed E-state index contributed by atoms with van der Waals surface area (Å²) in [5.74, 6) is 0.940. The first-order valence-corrected chi connectivity index (χ1v) is 13.7. The summed E-state index contributed by atoms with van der Waals surface area (Å²) in [6.07, 6.45) is 0.530. The normalized spacial score (nSPS) is 12.3. The Balaban J connectivity index is 1.78. The van der Waals surface area contributed by atoms with Gasteiger partial charge in [-0.25, -0.2) is 8.42 Å². The van der Waals surface area contributed by atoms with Gasteiger partial charge in [-0.05, 0) is 44.5 Å². The van der Waals surface area contributed by atoms with Crippen LogP contribution < -0.4 is 14.8 Å². The molecule has 9 nitrogen and oxygen atoms in total. The van der Waals surface area contributed by atoms with Crippen molar-refractivity contribution in [1.82, 2.24) is 14.8 Å². The molecule has 1 atom stereocenters. The van der Waals surface area contributed by atoms with Crippen molar-refractivity contribution < 1.29 is 22.7 Å². The van der Waals surface area contributed by atoms with E-state index in [1.54, 1.807) is 54.1 Å². The number of rotatable bonds is 11. The Labute approximate surface area is 210 Å². The first kappa shape index (κ1) is 26.6. The van der Waals surface area contributed by atoms with Crippen molar-refractivity contribution in [3.8, 4) is 11.5 Å². The van der Waals surface area contributed by atoms with Crippen molar-refractivity contribution in [2.24, 2.45) is 0 Å². The molecule has 2 aromatic carbocycles. The lowest BCUT2D eigenvalue weighted by molar-refractivity contribution is -0.115. The Kier molecular flexibility index (Phi) is 8.79. The highest BCUT2D eigenvalue weighted by atomic mass is 32.2. The zero-order chi connectivity index (χ0) is 25.6. The molecule has 0 saturated carbocycles. The zero-order valence-electron chi connectivity index (χ0n) is 20.4. The molecule has 0 fully saturated rings. The van der Waals surface area contributed by atoms with Crippen LogP contribution in [0.25, 0.3) is 0 Å². The quantitative estimate of drug-likeness (QED) is 0.378. The molecule has 0 radical (unpaired) electrons. The van der Waals surface area contributed by atoms with Crippen LogP contribution >= 0.6 is 11.8 Å². The highest BCUT2D eigenvalue weighted by Gasteiger charge is 2.25. The number of nitrogens with one attached hydrogen (secondary N) is 1. The first-order valence-electron chi connectivity index (χ1n) is 11.1. The fourth-order valence-corrected chi connectivity index (χ4v) is 5.70. The molecule has 1 aromatic heterocycles. The van der Waals surface area contributed by atoms with Gasteiger partial charge in [0.15, 0.2) is 15.0 Å². The van der Waals surface area contributed by atoms with Gasteiger partial charge in [-0.15, -0.1) is 10.2 Å². The smallest absolute Gasteiger partial charge is 0.238 e. The van der Waals surface area contributed by atoms with Crippen molar-refractivity contribution >= 4 is 33.2 Å². The molecule has 1 unspecified atom stereocenters. The Morgan fingerprint density at radius 2 is 1.80 bits per heavy atom. The maximum atomic E-state index is 13.0. The van der Waals surface area contributed by atoms with Crippen molar-refractivity contribution in [2.45, 2.75) is 54.8 Å². The molecule has 0 aliphatic rings. The van der Waals surface area contributed by atoms with E-state index in [0.717, 1.165) is 5.56 Å². The zero-order valence-corrected chi connectivity index (χ0v) is 22.1. The van der Waals surface area contributed by atoms with Crippen LogP contribution in [0.2, 0.25) is 0 Å². The van der Waals surface area contributed by atoms with Crippen LogP contribution in [0.4, 0.5) is 5.69 Å². The number of sulfone groups is 1. The van der Waals surface area contributed by atoms with E-state index in [9.17, 15) is 13.2 Å². The number of methoxy groups -OCH3 is 2. The third-order valence-corrected chi connectivity index (χ3v) is 8.36. The highest BCUT2D eigenvalue weighted by Crippen LogP contribution is 2.31. The Morgan fingerprint density at radius 3 is 2.40 bits per heavy atom. The van der Waals surface area contributed by atoms with Crippen LogP contribution in [0.15, 0.2) is 52.5 Å². The van der Waals surface area contributed by atoms with E-state index >= 15 is 0 Å². The molecule has 188 valence electrons. The molecule has 0 spiro atoms. The standard InChI is InChI=1S/C24H30N4O5S2/c1-6-21(23(29)25-19-13-10-17(32-4)14-20(19)33-5)34-24-27-26-22(28(24)7-2)15-35(30,31)18-11-8-16(3)9-12-18/h8-14,21H,6-7,15H2,1-5H3,(H,25,29). The Hall–Kier alpha value is -3.05. The predicted octanol–water partition coefficient (Wildman–Crippen LogP) is 4.11. The van der Waals surface area contributed by atoms with Gasteiger partial charge >= 0.3 is 0 Å². The molecule has 1 N–H and O–H groups in total. The molecular weight excluding hydrogens is 488 g/mol. The minimum absolute atomic E-state index is 0.222. The predicted molar refractivity (Wildman–Crippen MR) is 136 cm³/mol. The van der Waals surface area contributed by atoms with E-state index in [4.69, 9.17) is 9.47 Å². The molecule has 1 amide bonds. The molecule has 0 bridgehead atoms. The van der Waals surface area contributed by atoms with Gasteiger partial charge in [0, 0.05) is 12.6 Å². The van der Waals surface area contributed by atoms with Crippen molar-refractivity contribution in [1.29, 1.82) is 0 Å². The van der Waals surface area contributed by atoms with Gasteiger partial charge in [-0.3, -0.25) is 4.79 Å². The van der Waals surface area contributed by atoms with Crippen LogP contribution in [0.1, 0.15) is 31.7 Å². The number of anilines is 1. The number of carbonyl (C=O) groups is 1. The molecular formula is C24H30N4O5S2. The van der Waals surface area contributed by atoms with E-state index in [0.29, 0.717) is 41.1 Å². The average molecular weight is 519 g/mol. The van der Waals surface area contributed by atoms with Gasteiger partial charge in [0.05, 0.1) is 30.1 Å². The molecule has 11 heteroatoms. The second kappa shape index (κ2) is 11.6. The maximum absolute atomic E-state index is 13.0. The third-order valence-electron chi connectivity index (χ3n) is 5.39. The molecule has 0 aliphatic heterocycles. The number of thioether (sulfide) groups is 1. The largest absolute Gasteiger partial charge is 0.497 e. The number of carbonyl (C=O) groups excluding carboxylic acids is 1. The van der Waals surface area contributed by atoms with Crippen LogP contribution in [0.3, 0.4) is 0 Å². The van der Waals surface area contributed by atoms with Gasteiger partial charge in [0.2, 0.25) is 5.91 Å². The summed E-state index contributed by atoms with van der Waals surface area (Å²) in [6, 6.07) is 11.9. The molecule has 0 aliphatic carbocycles. The van der Waals surface area contributed by atoms with Gasteiger partial charge in [-0.2, -0.15) is 0 Å². The number of hydrogen-bond donors (Lipinski definition) is 1. The third kappa shape index (κ3) is 6.34. The monoisotopic (exact) mass is 518 g/mol. The van der Waals surface area contributed by atoms with E-state index in [-0.39, 0.29) is 16.6 Å². The Bertz CT molecular complexity index is 1270. The van der Waals surface area contributed by atoms with Crippen molar-refractivity contribution in [2.75, 3.05) is 19.5 Å². The van der Waals surface area contributed by atoms with Gasteiger partial charge in [0.1, 0.15) is 23.1 Å². The van der Waals surface area contributed by atoms with E-state index in [1.807, 2.05) is 20.8 Å². The summed E-state index contributed by atoms with van der Waals surface area (Å²) in [5.41, 5.74) is 1.51. The fourth-order valence-electron chi connectivity index (χ4n) is 3.39. The lowest BCUT2D eigenvalue weighted by Crippen LogP contribution is -2.25. The number of ether oxygens (including phenoxy) is 2. The summed E-state index contributed by atoms with van der Waals surface area (Å²) < 4.78 is 38.1. The van der Waals surface area contributed by atoms with E-state index in [1.165, 1.54) is 18.9 Å². The summed E-state index contributed by atoms with van der Waals surface area (Å²) >= 11 is 1.25. The van der Waals surface area contributed by atoms with Crippen molar-refractivity contribution in [3.63, 3.8) is 0 Å². The summed E-state index contributed by atoms with van der Waals surface area (Å²) in [4.78, 5) is 13.3. The first-order chi connectivity index (χ1) is 16.7. The van der Waals surface area contributed by atoms with E-state index in [2.05, 4.69) is 15.5 Å². The lowest BCUT2D eigenvalue weighted by atomic mass is 10.2. The van der Waals surface area contributed by atoms with E-state index < -0.39 is 15.1 Å². The van der Waals surface area contributed by atoms with Crippen LogP contribution in [-0.4, -0.2) is 48.6 Å². The molecule has 35 heavy (non-hydrogen) atoms. The minimum atomic E-state index is -3.59. The highest BCUT2D eigenvalue weighted by molar-refractivity contribution is 8.00. The Morgan fingerprint density at radius 1 is 1.09 bits per heavy atom. The molecule has 0 saturated heterocycles. The minimum Gasteiger partial charge on any atom is -0.497 e. The number of hydrogen-bond acceptors (Lipinski definition) is 8. The number of nitrogens with zero attached hydrogens (tertiary/aromatic N) is 3. The number of benzene rings is 2. The lowest BCUT2D eigenvalue weighted by Gasteiger charge is -2.17. The number of aromatic nitrogens is 3. The van der Waals surface area contributed by atoms with Crippen LogP contribution in [0, 0.1) is 6.92 Å². The maximum Gasteiger partial charge on any atom is 0.238 e. The van der Waals surface area contributed by atoms with Gasteiger partial charge in [-0.1, -0.05) is 36.4 Å². The summed E-state index contributed by atoms with van der Waals surface area (Å²) in [5, 5.41) is 11.3. The molecule has 3 aromatic rings. The van der Waals surface area contributed by atoms with Gasteiger partial charge in [0.25, 0.3) is 0 Å². The topological polar surface area (TPSA) is 112 Å². The number of aryl methyl sites for hydroxylation is 1. The molecule has 1 heterocycles. The SMILES string of the molecule is CCC(Sc1nnc(CS(=O)(=O)c2ccc(C)cc2)n1CC)C(=O)Nc1ccc(OC)cc1OC. The number of amides is 1.